The SMILES string of the molecule is COc1ccc(Nc2cc(Oc3sc(N)nc3-c3ccccc3)ccn2)cn1. The molecule has 140 valence electrons. The molecule has 0 saturated carbocycles. The number of ether oxygens (including phenoxy) is 2. The van der Waals surface area contributed by atoms with Gasteiger partial charge in [0.1, 0.15) is 17.3 Å². The topological polar surface area (TPSA) is 95.2 Å². The Morgan fingerprint density at radius 3 is 2.64 bits per heavy atom. The molecule has 0 radical (unpaired) electrons. The molecule has 0 aliphatic carbocycles. The molecule has 7 nitrogen and oxygen atoms in total. The molecule has 0 spiro atoms. The van der Waals surface area contributed by atoms with E-state index in [0.29, 0.717) is 33.3 Å². The number of nitrogen functional groups attached to an aromatic ring is 1. The molecule has 1 aromatic carbocycles. The summed E-state index contributed by atoms with van der Waals surface area (Å²) < 4.78 is 11.1. The first-order chi connectivity index (χ1) is 13.7. The fraction of sp³-hybridized carbons (Fsp3) is 0.0500. The van der Waals surface area contributed by atoms with Gasteiger partial charge in [0.15, 0.2) is 5.13 Å². The van der Waals surface area contributed by atoms with Crippen LogP contribution in [0.3, 0.4) is 0 Å². The van der Waals surface area contributed by atoms with Crippen molar-refractivity contribution in [3.8, 4) is 28.0 Å². The number of aromatic nitrogens is 3. The first-order valence-corrected chi connectivity index (χ1v) is 9.25. The molecule has 3 heterocycles. The van der Waals surface area contributed by atoms with E-state index in [1.54, 1.807) is 37.7 Å². The number of anilines is 3. The van der Waals surface area contributed by atoms with E-state index in [9.17, 15) is 0 Å². The Kier molecular flexibility index (Phi) is 5.03. The lowest BCUT2D eigenvalue weighted by molar-refractivity contribution is 0.398. The zero-order valence-electron chi connectivity index (χ0n) is 15.0. The predicted molar refractivity (Wildman–Crippen MR) is 110 cm³/mol. The van der Waals surface area contributed by atoms with Crippen LogP contribution in [0.15, 0.2) is 67.0 Å². The Balaban J connectivity index is 1.56. The maximum absolute atomic E-state index is 6.06. The molecule has 4 aromatic rings. The smallest absolute Gasteiger partial charge is 0.213 e. The third-order valence-electron chi connectivity index (χ3n) is 3.82. The van der Waals surface area contributed by atoms with E-state index in [0.717, 1.165) is 11.3 Å². The van der Waals surface area contributed by atoms with E-state index in [-0.39, 0.29) is 0 Å². The second-order valence-corrected chi connectivity index (χ2v) is 6.74. The van der Waals surface area contributed by atoms with Crippen molar-refractivity contribution in [2.75, 3.05) is 18.2 Å². The number of hydrogen-bond acceptors (Lipinski definition) is 8. The third-order valence-corrected chi connectivity index (χ3v) is 4.58. The summed E-state index contributed by atoms with van der Waals surface area (Å²) in [6.45, 7) is 0. The zero-order chi connectivity index (χ0) is 19.3. The van der Waals surface area contributed by atoms with E-state index in [1.807, 2.05) is 36.4 Å². The standard InChI is InChI=1S/C20H17N5O2S/c1-26-17-8-7-14(12-23-17)24-16-11-15(9-10-22-16)27-19-18(25-20(21)28-19)13-5-3-2-4-6-13/h2-12H,1H3,(H2,21,25)(H,22,24). The second-order valence-electron chi connectivity index (χ2n) is 5.75. The molecule has 0 fully saturated rings. The summed E-state index contributed by atoms with van der Waals surface area (Å²) in [6, 6.07) is 17.0. The van der Waals surface area contributed by atoms with Gasteiger partial charge in [-0.2, -0.15) is 0 Å². The van der Waals surface area contributed by atoms with Crippen LogP contribution in [0.1, 0.15) is 0 Å². The van der Waals surface area contributed by atoms with E-state index in [4.69, 9.17) is 15.2 Å². The van der Waals surface area contributed by atoms with E-state index in [2.05, 4.69) is 20.3 Å². The highest BCUT2D eigenvalue weighted by molar-refractivity contribution is 7.17. The van der Waals surface area contributed by atoms with Crippen LogP contribution >= 0.6 is 11.3 Å². The van der Waals surface area contributed by atoms with Crippen molar-refractivity contribution >= 4 is 28.0 Å². The van der Waals surface area contributed by atoms with Crippen molar-refractivity contribution in [1.29, 1.82) is 0 Å². The average molecular weight is 391 g/mol. The summed E-state index contributed by atoms with van der Waals surface area (Å²) >= 11 is 1.30. The van der Waals surface area contributed by atoms with Gasteiger partial charge >= 0.3 is 0 Å². The van der Waals surface area contributed by atoms with Gasteiger partial charge in [0.2, 0.25) is 10.9 Å². The molecule has 28 heavy (non-hydrogen) atoms. The maximum Gasteiger partial charge on any atom is 0.213 e. The summed E-state index contributed by atoms with van der Waals surface area (Å²) in [5.41, 5.74) is 8.36. The highest BCUT2D eigenvalue weighted by Gasteiger charge is 2.14. The van der Waals surface area contributed by atoms with Gasteiger partial charge in [0.05, 0.1) is 19.0 Å². The normalized spacial score (nSPS) is 10.5. The van der Waals surface area contributed by atoms with Crippen LogP contribution in [-0.4, -0.2) is 22.1 Å². The van der Waals surface area contributed by atoms with Crippen molar-refractivity contribution in [3.63, 3.8) is 0 Å². The van der Waals surface area contributed by atoms with E-state index in [1.165, 1.54) is 11.3 Å². The second kappa shape index (κ2) is 7.93. The number of thiazole rings is 1. The summed E-state index contributed by atoms with van der Waals surface area (Å²) in [7, 11) is 1.58. The van der Waals surface area contributed by atoms with Gasteiger partial charge in [-0.15, -0.1) is 0 Å². The lowest BCUT2D eigenvalue weighted by atomic mass is 10.2. The number of methoxy groups -OCH3 is 1. The number of benzene rings is 1. The molecular weight excluding hydrogens is 374 g/mol. The largest absolute Gasteiger partial charge is 0.481 e. The summed E-state index contributed by atoms with van der Waals surface area (Å²) in [5, 5.41) is 4.27. The van der Waals surface area contributed by atoms with Crippen molar-refractivity contribution in [2.24, 2.45) is 0 Å². The van der Waals surface area contributed by atoms with Gasteiger partial charge in [0, 0.05) is 23.9 Å². The lowest BCUT2D eigenvalue weighted by Crippen LogP contribution is -1.95. The summed E-state index contributed by atoms with van der Waals surface area (Å²) in [4.78, 5) is 12.9. The van der Waals surface area contributed by atoms with Crippen molar-refractivity contribution < 1.29 is 9.47 Å². The van der Waals surface area contributed by atoms with Gasteiger partial charge < -0.3 is 20.5 Å². The van der Waals surface area contributed by atoms with Crippen LogP contribution in [0.4, 0.5) is 16.6 Å². The van der Waals surface area contributed by atoms with Gasteiger partial charge in [-0.05, 0) is 12.1 Å². The minimum absolute atomic E-state index is 0.450. The average Bonchev–Trinajstić information content (AvgIpc) is 3.09. The van der Waals surface area contributed by atoms with Crippen LogP contribution in [0.25, 0.3) is 11.3 Å². The molecule has 0 saturated heterocycles. The predicted octanol–water partition coefficient (Wildman–Crippen LogP) is 4.73. The molecule has 3 aromatic heterocycles. The molecule has 8 heteroatoms. The monoisotopic (exact) mass is 391 g/mol. The first kappa shape index (κ1) is 17.7. The highest BCUT2D eigenvalue weighted by Crippen LogP contribution is 2.39. The van der Waals surface area contributed by atoms with Crippen molar-refractivity contribution in [1.82, 2.24) is 15.0 Å². The Morgan fingerprint density at radius 2 is 1.89 bits per heavy atom. The minimum atomic E-state index is 0.450. The number of pyridine rings is 2. The fourth-order valence-electron chi connectivity index (χ4n) is 2.54. The zero-order valence-corrected chi connectivity index (χ0v) is 15.8. The molecule has 0 aliphatic heterocycles. The van der Waals surface area contributed by atoms with Crippen LogP contribution in [0.5, 0.6) is 16.7 Å². The van der Waals surface area contributed by atoms with Crippen LogP contribution < -0.4 is 20.5 Å². The van der Waals surface area contributed by atoms with Gasteiger partial charge in [0.25, 0.3) is 0 Å². The van der Waals surface area contributed by atoms with Crippen molar-refractivity contribution in [2.45, 2.75) is 0 Å². The summed E-state index contributed by atoms with van der Waals surface area (Å²) in [5.74, 6) is 1.80. The minimum Gasteiger partial charge on any atom is -0.481 e. The van der Waals surface area contributed by atoms with E-state index < -0.39 is 0 Å². The number of nitrogens with one attached hydrogen (secondary N) is 1. The van der Waals surface area contributed by atoms with Crippen LogP contribution in [0, 0.1) is 0 Å². The molecule has 0 amide bonds. The Morgan fingerprint density at radius 1 is 1.04 bits per heavy atom. The molecule has 0 unspecified atom stereocenters. The van der Waals surface area contributed by atoms with Crippen molar-refractivity contribution in [3.05, 3.63) is 67.0 Å². The molecule has 0 bridgehead atoms. The molecule has 0 aliphatic rings. The molecule has 0 atom stereocenters. The molecule has 4 rings (SSSR count). The first-order valence-electron chi connectivity index (χ1n) is 8.44. The number of hydrogen-bond donors (Lipinski definition) is 2. The van der Waals surface area contributed by atoms with Crippen LogP contribution in [-0.2, 0) is 0 Å². The molecular formula is C20H17N5O2S. The van der Waals surface area contributed by atoms with Gasteiger partial charge in [-0.25, -0.2) is 15.0 Å². The van der Waals surface area contributed by atoms with Crippen LogP contribution in [0.2, 0.25) is 0 Å². The van der Waals surface area contributed by atoms with Gasteiger partial charge in [-0.1, -0.05) is 41.7 Å². The number of rotatable bonds is 6. The van der Waals surface area contributed by atoms with Gasteiger partial charge in [-0.3, -0.25) is 0 Å². The third kappa shape index (κ3) is 4.02. The Bertz CT molecular complexity index is 1070. The Hall–Kier alpha value is -3.65. The number of nitrogens with zero attached hydrogens (tertiary/aromatic N) is 3. The lowest BCUT2D eigenvalue weighted by Gasteiger charge is -2.09. The quantitative estimate of drug-likeness (QED) is 0.491. The number of nitrogens with two attached hydrogens (primary N) is 1. The highest BCUT2D eigenvalue weighted by atomic mass is 32.1. The molecule has 3 N–H and O–H groups in total. The Labute approximate surface area is 165 Å². The fourth-order valence-corrected chi connectivity index (χ4v) is 3.27. The summed E-state index contributed by atoms with van der Waals surface area (Å²) in [6.07, 6.45) is 3.34. The maximum atomic E-state index is 6.06. The van der Waals surface area contributed by atoms with E-state index >= 15 is 0 Å².